The predicted octanol–water partition coefficient (Wildman–Crippen LogP) is 1.69. The fraction of sp³-hybridized carbons (Fsp3) is 0.333. The van der Waals surface area contributed by atoms with Crippen LogP contribution in [0.15, 0.2) is 28.8 Å². The molecule has 17 heavy (non-hydrogen) atoms. The zero-order valence-corrected chi connectivity index (χ0v) is 9.51. The molecule has 1 fully saturated rings. The Hall–Kier alpha value is -1.88. The molecule has 1 aliphatic carbocycles. The Morgan fingerprint density at radius 3 is 2.59 bits per heavy atom. The fourth-order valence-electron chi connectivity index (χ4n) is 1.63. The molecule has 3 rings (SSSR count). The fourth-order valence-corrected chi connectivity index (χ4v) is 1.63. The molecule has 0 spiro atoms. The van der Waals surface area contributed by atoms with Gasteiger partial charge in [-0.05, 0) is 37.1 Å². The molecule has 1 aromatic carbocycles. The molecule has 2 aromatic rings. The lowest BCUT2D eigenvalue weighted by molar-refractivity contribution is 0.348. The molecule has 0 atom stereocenters. The number of benzene rings is 1. The van der Waals surface area contributed by atoms with Crippen LogP contribution in [0, 0.1) is 0 Å². The van der Waals surface area contributed by atoms with Crippen LogP contribution in [0.3, 0.4) is 0 Å². The Morgan fingerprint density at radius 2 is 2.00 bits per heavy atom. The predicted molar refractivity (Wildman–Crippen MR) is 61.4 cm³/mol. The zero-order chi connectivity index (χ0) is 11.9. The largest absolute Gasteiger partial charge is 0.497 e. The third-order valence-electron chi connectivity index (χ3n) is 2.99. The number of hydrogen-bond donors (Lipinski definition) is 1. The summed E-state index contributed by atoms with van der Waals surface area (Å²) < 4.78 is 10.3. The van der Waals surface area contributed by atoms with Crippen LogP contribution in [0.5, 0.6) is 5.75 Å². The summed E-state index contributed by atoms with van der Waals surface area (Å²) >= 11 is 0. The van der Waals surface area contributed by atoms with Crippen molar-refractivity contribution in [1.29, 1.82) is 0 Å². The van der Waals surface area contributed by atoms with Gasteiger partial charge in [0.15, 0.2) is 0 Å². The molecule has 5 nitrogen and oxygen atoms in total. The zero-order valence-electron chi connectivity index (χ0n) is 9.51. The first-order valence-electron chi connectivity index (χ1n) is 5.49. The van der Waals surface area contributed by atoms with E-state index in [1.54, 1.807) is 7.11 Å². The van der Waals surface area contributed by atoms with E-state index < -0.39 is 0 Å². The van der Waals surface area contributed by atoms with Crippen molar-refractivity contribution in [1.82, 2.24) is 10.1 Å². The first kappa shape index (κ1) is 10.3. The highest BCUT2D eigenvalue weighted by atomic mass is 16.5. The Labute approximate surface area is 98.6 Å². The van der Waals surface area contributed by atoms with Gasteiger partial charge in [-0.2, -0.15) is 4.98 Å². The Morgan fingerprint density at radius 1 is 1.29 bits per heavy atom. The molecule has 1 heterocycles. The van der Waals surface area contributed by atoms with E-state index in [0.29, 0.717) is 11.7 Å². The van der Waals surface area contributed by atoms with Crippen LogP contribution >= 0.6 is 0 Å². The van der Waals surface area contributed by atoms with Gasteiger partial charge >= 0.3 is 0 Å². The number of methoxy groups -OCH3 is 1. The smallest absolute Gasteiger partial charge is 0.247 e. The molecular weight excluding hydrogens is 218 g/mol. The summed E-state index contributed by atoms with van der Waals surface area (Å²) in [7, 11) is 1.63. The molecule has 0 amide bonds. The Bertz CT molecular complexity index is 529. The van der Waals surface area contributed by atoms with Crippen LogP contribution in [0.2, 0.25) is 0 Å². The van der Waals surface area contributed by atoms with Crippen molar-refractivity contribution in [3.63, 3.8) is 0 Å². The molecule has 0 saturated heterocycles. The summed E-state index contributed by atoms with van der Waals surface area (Å²) in [6, 6.07) is 7.51. The van der Waals surface area contributed by atoms with Crippen LogP contribution < -0.4 is 10.5 Å². The van der Waals surface area contributed by atoms with Gasteiger partial charge in [-0.15, -0.1) is 0 Å². The van der Waals surface area contributed by atoms with Crippen LogP contribution in [0.1, 0.15) is 18.7 Å². The molecule has 1 aromatic heterocycles. The van der Waals surface area contributed by atoms with E-state index in [1.165, 1.54) is 0 Å². The minimum Gasteiger partial charge on any atom is -0.497 e. The van der Waals surface area contributed by atoms with Crippen molar-refractivity contribution in [2.45, 2.75) is 18.4 Å². The van der Waals surface area contributed by atoms with Gasteiger partial charge in [-0.1, -0.05) is 5.16 Å². The average Bonchev–Trinajstić information content (AvgIpc) is 2.94. The molecule has 0 unspecified atom stereocenters. The van der Waals surface area contributed by atoms with Crippen molar-refractivity contribution >= 4 is 0 Å². The lowest BCUT2D eigenvalue weighted by atomic mass is 10.2. The monoisotopic (exact) mass is 231 g/mol. The lowest BCUT2D eigenvalue weighted by Gasteiger charge is -1.99. The van der Waals surface area contributed by atoms with Crippen molar-refractivity contribution in [2.75, 3.05) is 7.11 Å². The lowest BCUT2D eigenvalue weighted by Crippen LogP contribution is -2.18. The van der Waals surface area contributed by atoms with Gasteiger partial charge in [0.05, 0.1) is 12.6 Å². The van der Waals surface area contributed by atoms with Gasteiger partial charge < -0.3 is 15.0 Å². The van der Waals surface area contributed by atoms with E-state index in [1.807, 2.05) is 24.3 Å². The van der Waals surface area contributed by atoms with Crippen LogP contribution in [0.25, 0.3) is 11.4 Å². The van der Waals surface area contributed by atoms with Crippen molar-refractivity contribution < 1.29 is 9.26 Å². The van der Waals surface area contributed by atoms with Crippen LogP contribution in [-0.4, -0.2) is 17.3 Å². The van der Waals surface area contributed by atoms with E-state index in [2.05, 4.69) is 10.1 Å². The highest BCUT2D eigenvalue weighted by molar-refractivity contribution is 5.55. The second-order valence-electron chi connectivity index (χ2n) is 4.31. The molecule has 0 bridgehead atoms. The van der Waals surface area contributed by atoms with Crippen molar-refractivity contribution in [3.8, 4) is 17.1 Å². The molecule has 88 valence electrons. The maximum atomic E-state index is 5.99. The summed E-state index contributed by atoms with van der Waals surface area (Å²) in [5, 5.41) is 3.94. The first-order valence-corrected chi connectivity index (χ1v) is 5.49. The Balaban J connectivity index is 1.90. The molecule has 1 saturated carbocycles. The van der Waals surface area contributed by atoms with Crippen molar-refractivity contribution in [3.05, 3.63) is 30.2 Å². The third kappa shape index (κ3) is 1.78. The maximum absolute atomic E-state index is 5.99. The van der Waals surface area contributed by atoms with E-state index >= 15 is 0 Å². The summed E-state index contributed by atoms with van der Waals surface area (Å²) in [6.07, 6.45) is 1.83. The number of nitrogens with zero attached hydrogens (tertiary/aromatic N) is 2. The van der Waals surface area contributed by atoms with Gasteiger partial charge in [-0.3, -0.25) is 0 Å². The minimum atomic E-state index is -0.377. The SMILES string of the molecule is COc1ccc(-c2noc(C3(N)CC3)n2)cc1. The molecular formula is C12H13N3O2. The van der Waals surface area contributed by atoms with Gasteiger partial charge in [0.2, 0.25) is 11.7 Å². The molecule has 1 aliphatic rings. The van der Waals surface area contributed by atoms with E-state index in [9.17, 15) is 0 Å². The number of ether oxygens (including phenoxy) is 1. The summed E-state index contributed by atoms with van der Waals surface area (Å²) in [5.74, 6) is 1.90. The second-order valence-corrected chi connectivity index (χ2v) is 4.31. The van der Waals surface area contributed by atoms with E-state index in [-0.39, 0.29) is 5.54 Å². The third-order valence-corrected chi connectivity index (χ3v) is 2.99. The highest BCUT2D eigenvalue weighted by Gasteiger charge is 2.45. The second kappa shape index (κ2) is 3.56. The summed E-state index contributed by atoms with van der Waals surface area (Å²) in [5.41, 5.74) is 6.50. The van der Waals surface area contributed by atoms with Gasteiger partial charge in [0.1, 0.15) is 5.75 Å². The standard InChI is InChI=1S/C12H13N3O2/c1-16-9-4-2-8(3-5-9)10-14-11(17-15-10)12(13)6-7-12/h2-5H,6-7,13H2,1H3. The topological polar surface area (TPSA) is 74.2 Å². The van der Waals surface area contributed by atoms with Crippen molar-refractivity contribution in [2.24, 2.45) is 5.73 Å². The molecule has 0 aliphatic heterocycles. The average molecular weight is 231 g/mol. The quantitative estimate of drug-likeness (QED) is 0.870. The first-order chi connectivity index (χ1) is 8.21. The van der Waals surface area contributed by atoms with E-state index in [0.717, 1.165) is 24.2 Å². The normalized spacial score (nSPS) is 16.8. The van der Waals surface area contributed by atoms with Gasteiger partial charge in [-0.25, -0.2) is 0 Å². The number of nitrogens with two attached hydrogens (primary N) is 1. The van der Waals surface area contributed by atoms with E-state index in [4.69, 9.17) is 15.0 Å². The molecule has 2 N–H and O–H groups in total. The number of rotatable bonds is 3. The maximum Gasteiger partial charge on any atom is 0.247 e. The molecule has 5 heteroatoms. The number of aromatic nitrogens is 2. The molecule has 0 radical (unpaired) electrons. The van der Waals surface area contributed by atoms with Gasteiger partial charge in [0.25, 0.3) is 0 Å². The number of hydrogen-bond acceptors (Lipinski definition) is 5. The van der Waals surface area contributed by atoms with Gasteiger partial charge in [0, 0.05) is 5.56 Å². The van der Waals surface area contributed by atoms with Crippen LogP contribution in [0.4, 0.5) is 0 Å². The Kier molecular flexibility index (Phi) is 2.16. The summed E-state index contributed by atoms with van der Waals surface area (Å²) in [4.78, 5) is 4.33. The van der Waals surface area contributed by atoms with Crippen LogP contribution in [-0.2, 0) is 5.54 Å². The summed E-state index contributed by atoms with van der Waals surface area (Å²) in [6.45, 7) is 0. The minimum absolute atomic E-state index is 0.377. The highest BCUT2D eigenvalue weighted by Crippen LogP contribution is 2.42.